The van der Waals surface area contributed by atoms with Crippen LogP contribution in [0.5, 0.6) is 0 Å². The van der Waals surface area contributed by atoms with E-state index in [1.165, 1.54) is 0 Å². The Labute approximate surface area is 122 Å². The van der Waals surface area contributed by atoms with Crippen LogP contribution in [0.25, 0.3) is 0 Å². The first-order valence-corrected chi connectivity index (χ1v) is 7.88. The highest BCUT2D eigenvalue weighted by Gasteiger charge is 2.37. The summed E-state index contributed by atoms with van der Waals surface area (Å²) in [5, 5.41) is 6.42. The highest BCUT2D eigenvalue weighted by molar-refractivity contribution is 5.82. The lowest BCUT2D eigenvalue weighted by molar-refractivity contribution is -0.128. The number of likely N-dealkylation sites (N-methyl/N-ethyl adjacent to an activating group) is 1. The van der Waals surface area contributed by atoms with Gasteiger partial charge in [0.25, 0.3) is 0 Å². The van der Waals surface area contributed by atoms with Gasteiger partial charge in [-0.15, -0.1) is 0 Å². The lowest BCUT2D eigenvalue weighted by atomic mass is 9.77. The normalized spacial score (nSPS) is 30.9. The highest BCUT2D eigenvalue weighted by Crippen LogP contribution is 2.30. The van der Waals surface area contributed by atoms with E-state index in [1.807, 2.05) is 0 Å². The zero-order valence-electron chi connectivity index (χ0n) is 13.1. The number of nitrogens with one attached hydrogen (secondary N) is 2. The Bertz CT molecular complexity index is 333. The van der Waals surface area contributed by atoms with Crippen LogP contribution in [0, 0.1) is 5.41 Å². The zero-order chi connectivity index (χ0) is 14.6. The van der Waals surface area contributed by atoms with Crippen molar-refractivity contribution < 1.29 is 9.53 Å². The molecule has 0 aliphatic carbocycles. The highest BCUT2D eigenvalue weighted by atomic mass is 16.5. The summed E-state index contributed by atoms with van der Waals surface area (Å²) in [6.45, 7) is 11.8. The van der Waals surface area contributed by atoms with Crippen molar-refractivity contribution in [2.45, 2.75) is 45.8 Å². The molecular formula is C15H29N3O2. The van der Waals surface area contributed by atoms with E-state index in [1.54, 1.807) is 0 Å². The molecule has 2 rings (SSSR count). The SMILES string of the molecule is CCN1CCOC(CNC(=O)C2NCCCC2(C)C)C1. The van der Waals surface area contributed by atoms with Gasteiger partial charge >= 0.3 is 0 Å². The Balaban J connectivity index is 1.79. The summed E-state index contributed by atoms with van der Waals surface area (Å²) >= 11 is 0. The van der Waals surface area contributed by atoms with E-state index in [0.29, 0.717) is 6.54 Å². The number of morpholine rings is 1. The molecular weight excluding hydrogens is 254 g/mol. The molecule has 2 unspecified atom stereocenters. The van der Waals surface area contributed by atoms with Crippen LogP contribution in [0.1, 0.15) is 33.6 Å². The Hall–Kier alpha value is -0.650. The fourth-order valence-electron chi connectivity index (χ4n) is 3.17. The molecule has 0 bridgehead atoms. The van der Waals surface area contributed by atoms with Crippen LogP contribution in [0.15, 0.2) is 0 Å². The largest absolute Gasteiger partial charge is 0.374 e. The number of rotatable bonds is 4. The maximum absolute atomic E-state index is 12.4. The first-order valence-electron chi connectivity index (χ1n) is 7.88. The molecule has 5 nitrogen and oxygen atoms in total. The second-order valence-corrected chi connectivity index (χ2v) is 6.61. The van der Waals surface area contributed by atoms with Gasteiger partial charge in [-0.25, -0.2) is 0 Å². The number of carbonyl (C=O) groups is 1. The van der Waals surface area contributed by atoms with Crippen LogP contribution >= 0.6 is 0 Å². The molecule has 116 valence electrons. The van der Waals surface area contributed by atoms with Gasteiger partial charge < -0.3 is 15.4 Å². The maximum Gasteiger partial charge on any atom is 0.237 e. The zero-order valence-corrected chi connectivity index (χ0v) is 13.1. The number of nitrogens with zero attached hydrogens (tertiary/aromatic N) is 1. The Morgan fingerprint density at radius 2 is 2.30 bits per heavy atom. The Morgan fingerprint density at radius 3 is 3.00 bits per heavy atom. The molecule has 2 fully saturated rings. The molecule has 2 saturated heterocycles. The van der Waals surface area contributed by atoms with E-state index in [0.717, 1.165) is 45.6 Å². The van der Waals surface area contributed by atoms with Crippen molar-refractivity contribution >= 4 is 5.91 Å². The molecule has 0 radical (unpaired) electrons. The van der Waals surface area contributed by atoms with E-state index >= 15 is 0 Å². The summed E-state index contributed by atoms with van der Waals surface area (Å²) in [5.41, 5.74) is 0.0329. The molecule has 5 heteroatoms. The topological polar surface area (TPSA) is 53.6 Å². The molecule has 2 atom stereocenters. The van der Waals surface area contributed by atoms with Crippen LogP contribution in [-0.2, 0) is 9.53 Å². The van der Waals surface area contributed by atoms with E-state index < -0.39 is 0 Å². The third-order valence-electron chi connectivity index (χ3n) is 4.56. The van der Waals surface area contributed by atoms with Gasteiger partial charge in [-0.2, -0.15) is 0 Å². The van der Waals surface area contributed by atoms with Gasteiger partial charge in [0, 0.05) is 19.6 Å². The first kappa shape index (κ1) is 15.7. The molecule has 2 aliphatic heterocycles. The second kappa shape index (κ2) is 6.87. The van der Waals surface area contributed by atoms with Crippen molar-refractivity contribution in [1.29, 1.82) is 0 Å². The quantitative estimate of drug-likeness (QED) is 0.793. The first-order chi connectivity index (χ1) is 9.53. The minimum atomic E-state index is -0.0814. The number of carbonyl (C=O) groups excluding carboxylic acids is 1. The molecule has 0 aromatic rings. The van der Waals surface area contributed by atoms with Gasteiger partial charge in [0.15, 0.2) is 0 Å². The molecule has 0 aromatic carbocycles. The molecule has 1 amide bonds. The predicted molar refractivity (Wildman–Crippen MR) is 79.7 cm³/mol. The monoisotopic (exact) mass is 283 g/mol. The third-order valence-corrected chi connectivity index (χ3v) is 4.56. The number of hydrogen-bond donors (Lipinski definition) is 2. The van der Waals surface area contributed by atoms with Crippen molar-refractivity contribution in [1.82, 2.24) is 15.5 Å². The van der Waals surface area contributed by atoms with Crippen molar-refractivity contribution in [3.05, 3.63) is 0 Å². The average Bonchev–Trinajstić information content (AvgIpc) is 2.44. The van der Waals surface area contributed by atoms with Gasteiger partial charge in [-0.1, -0.05) is 20.8 Å². The lowest BCUT2D eigenvalue weighted by Gasteiger charge is -2.38. The summed E-state index contributed by atoms with van der Waals surface area (Å²) in [4.78, 5) is 14.7. The predicted octanol–water partition coefficient (Wildman–Crippen LogP) is 0.602. The van der Waals surface area contributed by atoms with Crippen LogP contribution in [0.3, 0.4) is 0 Å². The minimum Gasteiger partial charge on any atom is -0.374 e. The van der Waals surface area contributed by atoms with Gasteiger partial charge in [0.2, 0.25) is 5.91 Å². The average molecular weight is 283 g/mol. The third kappa shape index (κ3) is 3.93. The smallest absolute Gasteiger partial charge is 0.237 e. The molecule has 2 heterocycles. The fourth-order valence-corrected chi connectivity index (χ4v) is 3.17. The van der Waals surface area contributed by atoms with E-state index in [-0.39, 0.29) is 23.5 Å². The van der Waals surface area contributed by atoms with Crippen molar-refractivity contribution in [3.63, 3.8) is 0 Å². The maximum atomic E-state index is 12.4. The summed E-state index contributed by atoms with van der Waals surface area (Å²) in [7, 11) is 0. The van der Waals surface area contributed by atoms with E-state index in [9.17, 15) is 4.79 Å². The van der Waals surface area contributed by atoms with Crippen molar-refractivity contribution in [2.75, 3.05) is 39.3 Å². The minimum absolute atomic E-state index is 0.0329. The van der Waals surface area contributed by atoms with Crippen molar-refractivity contribution in [3.8, 4) is 0 Å². The second-order valence-electron chi connectivity index (χ2n) is 6.61. The summed E-state index contributed by atoms with van der Waals surface area (Å²) in [6, 6.07) is -0.0814. The van der Waals surface area contributed by atoms with Crippen LogP contribution < -0.4 is 10.6 Å². The van der Waals surface area contributed by atoms with Crippen LogP contribution in [0.4, 0.5) is 0 Å². The van der Waals surface area contributed by atoms with Gasteiger partial charge in [0.1, 0.15) is 0 Å². The fraction of sp³-hybridized carbons (Fsp3) is 0.933. The summed E-state index contributed by atoms with van der Waals surface area (Å²) < 4.78 is 5.72. The molecule has 2 aliphatic rings. The number of amides is 1. The summed E-state index contributed by atoms with van der Waals surface area (Å²) in [6.07, 6.45) is 2.37. The lowest BCUT2D eigenvalue weighted by Crippen LogP contribution is -2.57. The number of hydrogen-bond acceptors (Lipinski definition) is 4. The molecule has 0 spiro atoms. The standard InChI is InChI=1S/C15H29N3O2/c1-4-18-8-9-20-12(11-18)10-17-14(19)13-15(2,3)6-5-7-16-13/h12-13,16H,4-11H2,1-3H3,(H,17,19). The van der Waals surface area contributed by atoms with Gasteiger partial charge in [-0.05, 0) is 31.3 Å². The van der Waals surface area contributed by atoms with Gasteiger partial charge in [0.05, 0.1) is 18.8 Å². The molecule has 0 saturated carbocycles. The van der Waals surface area contributed by atoms with Crippen molar-refractivity contribution in [2.24, 2.45) is 5.41 Å². The molecule has 20 heavy (non-hydrogen) atoms. The Kier molecular flexibility index (Phi) is 5.41. The Morgan fingerprint density at radius 1 is 1.50 bits per heavy atom. The van der Waals surface area contributed by atoms with E-state index in [2.05, 4.69) is 36.3 Å². The molecule has 0 aromatic heterocycles. The number of ether oxygens (including phenoxy) is 1. The summed E-state index contributed by atoms with van der Waals surface area (Å²) in [5.74, 6) is 0.118. The van der Waals surface area contributed by atoms with Crippen LogP contribution in [-0.4, -0.2) is 62.3 Å². The van der Waals surface area contributed by atoms with Crippen LogP contribution in [0.2, 0.25) is 0 Å². The molecule has 2 N–H and O–H groups in total. The number of piperidine rings is 1. The van der Waals surface area contributed by atoms with Gasteiger partial charge in [-0.3, -0.25) is 9.69 Å². The van der Waals surface area contributed by atoms with E-state index in [4.69, 9.17) is 4.74 Å².